The molecule has 1 aromatic heterocycles. The van der Waals surface area contributed by atoms with E-state index in [1.165, 1.54) is 0 Å². The Hall–Kier alpha value is -2.97. The van der Waals surface area contributed by atoms with E-state index in [0.717, 1.165) is 41.1 Å². The molecule has 152 valence electrons. The number of nitriles is 1. The van der Waals surface area contributed by atoms with Gasteiger partial charge < -0.3 is 14.6 Å². The Morgan fingerprint density at radius 2 is 1.93 bits per heavy atom. The van der Waals surface area contributed by atoms with Gasteiger partial charge in [-0.25, -0.2) is 4.98 Å². The van der Waals surface area contributed by atoms with E-state index in [0.29, 0.717) is 11.4 Å². The van der Waals surface area contributed by atoms with Crippen molar-refractivity contribution >= 4 is 40.8 Å². The number of halogens is 1. The van der Waals surface area contributed by atoms with E-state index in [4.69, 9.17) is 4.74 Å². The summed E-state index contributed by atoms with van der Waals surface area (Å²) in [6, 6.07) is 16.1. The van der Waals surface area contributed by atoms with Crippen LogP contribution in [0, 0.1) is 11.3 Å². The lowest BCUT2D eigenvalue weighted by atomic mass is 10.1. The molecule has 0 fully saturated rings. The van der Waals surface area contributed by atoms with Crippen LogP contribution in [-0.2, 0) is 0 Å². The molecule has 0 unspecified atom stereocenters. The van der Waals surface area contributed by atoms with E-state index in [2.05, 4.69) is 40.9 Å². The molecule has 3 aromatic rings. The van der Waals surface area contributed by atoms with E-state index >= 15 is 0 Å². The first-order valence-electron chi connectivity index (χ1n) is 9.68. The zero-order valence-corrected chi connectivity index (χ0v) is 18.1. The molecule has 1 N–H and O–H groups in total. The molecular weight excluding hydrogens is 384 g/mol. The number of H-pyrrole nitrogens is 1. The smallest absolute Gasteiger partial charge is 0.149 e. The Morgan fingerprint density at radius 1 is 1.21 bits per heavy atom. The zero-order valence-electron chi connectivity index (χ0n) is 17.3. The lowest BCUT2D eigenvalue weighted by Gasteiger charge is -2.23. The highest BCUT2D eigenvalue weighted by molar-refractivity contribution is 5.91. The number of rotatable bonds is 7. The van der Waals surface area contributed by atoms with Gasteiger partial charge in [0.1, 0.15) is 17.6 Å². The number of hydrogen-bond donors (Lipinski definition) is 1. The fourth-order valence-electron chi connectivity index (χ4n) is 3.17. The number of benzene rings is 2. The van der Waals surface area contributed by atoms with Gasteiger partial charge in [-0.2, -0.15) is 5.26 Å². The number of anilines is 1. The molecule has 29 heavy (non-hydrogen) atoms. The minimum absolute atomic E-state index is 0. The number of aromatic amines is 1. The van der Waals surface area contributed by atoms with Crippen molar-refractivity contribution in [2.24, 2.45) is 0 Å². The Morgan fingerprint density at radius 3 is 2.55 bits per heavy atom. The largest absolute Gasteiger partial charge is 0.490 e. The summed E-state index contributed by atoms with van der Waals surface area (Å²) in [4.78, 5) is 10.0. The van der Waals surface area contributed by atoms with Gasteiger partial charge in [0.05, 0.1) is 22.7 Å². The summed E-state index contributed by atoms with van der Waals surface area (Å²) < 4.78 is 6.05. The van der Waals surface area contributed by atoms with Crippen LogP contribution in [0.5, 0.6) is 5.75 Å². The van der Waals surface area contributed by atoms with Crippen LogP contribution in [0.15, 0.2) is 42.5 Å². The summed E-state index contributed by atoms with van der Waals surface area (Å²) in [5.41, 5.74) is 4.20. The van der Waals surface area contributed by atoms with Gasteiger partial charge >= 0.3 is 0 Å². The Balaban J connectivity index is 0.00000300. The quantitative estimate of drug-likeness (QED) is 0.508. The standard InChI is InChI=1S/C23H26N4O.ClH/c1-5-27(6-2)19-12-11-17(22(14-19)28-16(3)4)13-18(15-24)23-25-20-9-7-8-10-21(20)26-23;/h7-14,16H,5-6H2,1-4H3,(H,25,26);1H/b18-13+;. The molecule has 5 nitrogen and oxygen atoms in total. The lowest BCUT2D eigenvalue weighted by Crippen LogP contribution is -2.21. The van der Waals surface area contributed by atoms with Crippen LogP contribution < -0.4 is 9.64 Å². The van der Waals surface area contributed by atoms with Crippen molar-refractivity contribution in [3.8, 4) is 11.8 Å². The van der Waals surface area contributed by atoms with Crippen LogP contribution in [0.4, 0.5) is 5.69 Å². The number of fused-ring (bicyclic) bond motifs is 1. The van der Waals surface area contributed by atoms with Crippen molar-refractivity contribution in [2.75, 3.05) is 18.0 Å². The maximum atomic E-state index is 9.73. The number of aromatic nitrogens is 2. The maximum Gasteiger partial charge on any atom is 0.149 e. The summed E-state index contributed by atoms with van der Waals surface area (Å²) in [7, 11) is 0. The second-order valence-corrected chi connectivity index (χ2v) is 6.83. The summed E-state index contributed by atoms with van der Waals surface area (Å²) in [6.45, 7) is 10.1. The van der Waals surface area contributed by atoms with Crippen LogP contribution in [0.3, 0.4) is 0 Å². The van der Waals surface area contributed by atoms with E-state index in [9.17, 15) is 5.26 Å². The van der Waals surface area contributed by atoms with Crippen molar-refractivity contribution in [3.63, 3.8) is 0 Å². The number of ether oxygens (including phenoxy) is 1. The fraction of sp³-hybridized carbons (Fsp3) is 0.304. The number of hydrogen-bond acceptors (Lipinski definition) is 4. The second-order valence-electron chi connectivity index (χ2n) is 6.83. The van der Waals surface area contributed by atoms with Gasteiger partial charge in [0.2, 0.25) is 0 Å². The van der Waals surface area contributed by atoms with Gasteiger partial charge in [-0.05, 0) is 58.0 Å². The molecular formula is C23H27ClN4O. The summed E-state index contributed by atoms with van der Waals surface area (Å²) in [5, 5.41) is 9.73. The number of imidazole rings is 1. The first-order chi connectivity index (χ1) is 13.5. The highest BCUT2D eigenvalue weighted by Gasteiger charge is 2.12. The minimum Gasteiger partial charge on any atom is -0.490 e. The van der Waals surface area contributed by atoms with Gasteiger partial charge in [-0.1, -0.05) is 12.1 Å². The van der Waals surface area contributed by atoms with Gasteiger partial charge in [-0.15, -0.1) is 12.4 Å². The normalized spacial score (nSPS) is 11.2. The molecule has 0 amide bonds. The molecule has 0 aliphatic rings. The van der Waals surface area contributed by atoms with Gasteiger partial charge in [0.15, 0.2) is 0 Å². The van der Waals surface area contributed by atoms with Crippen molar-refractivity contribution in [1.82, 2.24) is 9.97 Å². The average molecular weight is 411 g/mol. The SMILES string of the molecule is CCN(CC)c1ccc(/C=C(\C#N)c2nc3ccccc3[nH]2)c(OC(C)C)c1.Cl. The van der Waals surface area contributed by atoms with Crippen LogP contribution in [0.1, 0.15) is 39.1 Å². The van der Waals surface area contributed by atoms with Gasteiger partial charge in [-0.3, -0.25) is 0 Å². The number of allylic oxidation sites excluding steroid dienone is 1. The molecule has 0 radical (unpaired) electrons. The molecule has 1 heterocycles. The van der Waals surface area contributed by atoms with Crippen LogP contribution in [-0.4, -0.2) is 29.2 Å². The number of nitrogens with zero attached hydrogens (tertiary/aromatic N) is 3. The van der Waals surface area contributed by atoms with E-state index in [-0.39, 0.29) is 18.5 Å². The van der Waals surface area contributed by atoms with Crippen LogP contribution in [0.2, 0.25) is 0 Å². The molecule has 2 aromatic carbocycles. The zero-order chi connectivity index (χ0) is 20.1. The third kappa shape index (κ3) is 5.10. The molecule has 0 aliphatic heterocycles. The Labute approximate surface area is 178 Å². The third-order valence-electron chi connectivity index (χ3n) is 4.55. The topological polar surface area (TPSA) is 64.9 Å². The van der Waals surface area contributed by atoms with Crippen molar-refractivity contribution in [3.05, 3.63) is 53.9 Å². The van der Waals surface area contributed by atoms with Crippen molar-refractivity contribution < 1.29 is 4.74 Å². The molecule has 0 saturated heterocycles. The predicted octanol–water partition coefficient (Wildman–Crippen LogP) is 5.68. The van der Waals surface area contributed by atoms with E-state index in [1.54, 1.807) is 0 Å². The first kappa shape index (κ1) is 22.3. The third-order valence-corrected chi connectivity index (χ3v) is 4.55. The van der Waals surface area contributed by atoms with Gasteiger partial charge in [0, 0.05) is 30.4 Å². The Kier molecular flexibility index (Phi) is 7.69. The lowest BCUT2D eigenvalue weighted by molar-refractivity contribution is 0.242. The van der Waals surface area contributed by atoms with Crippen LogP contribution >= 0.6 is 12.4 Å². The molecule has 0 aliphatic carbocycles. The molecule has 0 saturated carbocycles. The second kappa shape index (κ2) is 9.99. The minimum atomic E-state index is 0. The molecule has 0 bridgehead atoms. The van der Waals surface area contributed by atoms with Crippen molar-refractivity contribution in [1.29, 1.82) is 5.26 Å². The van der Waals surface area contributed by atoms with E-state index < -0.39 is 0 Å². The predicted molar refractivity (Wildman–Crippen MR) is 123 cm³/mol. The van der Waals surface area contributed by atoms with E-state index in [1.807, 2.05) is 56.3 Å². The number of para-hydroxylation sites is 2. The molecule has 0 atom stereocenters. The number of nitrogens with one attached hydrogen (secondary N) is 1. The maximum absolute atomic E-state index is 9.73. The highest BCUT2D eigenvalue weighted by atomic mass is 35.5. The van der Waals surface area contributed by atoms with Gasteiger partial charge in [0.25, 0.3) is 0 Å². The van der Waals surface area contributed by atoms with Crippen LogP contribution in [0.25, 0.3) is 22.7 Å². The Bertz CT molecular complexity index is 996. The summed E-state index contributed by atoms with van der Waals surface area (Å²) >= 11 is 0. The summed E-state index contributed by atoms with van der Waals surface area (Å²) in [6.07, 6.45) is 1.87. The molecule has 3 rings (SSSR count). The molecule has 6 heteroatoms. The first-order valence-corrected chi connectivity index (χ1v) is 9.68. The monoisotopic (exact) mass is 410 g/mol. The fourth-order valence-corrected chi connectivity index (χ4v) is 3.17. The van der Waals surface area contributed by atoms with Crippen molar-refractivity contribution in [2.45, 2.75) is 33.8 Å². The summed E-state index contributed by atoms with van der Waals surface area (Å²) in [5.74, 6) is 1.33. The molecule has 0 spiro atoms. The highest BCUT2D eigenvalue weighted by Crippen LogP contribution is 2.30. The average Bonchev–Trinajstić information content (AvgIpc) is 3.12.